The number of piperidine rings is 1. The molecule has 88 valence electrons. The Kier molecular flexibility index (Phi) is 6.44. The number of rotatable bonds is 7. The van der Waals surface area contributed by atoms with E-state index in [-0.39, 0.29) is 0 Å². The lowest BCUT2D eigenvalue weighted by atomic mass is 9.98. The third-order valence-electron chi connectivity index (χ3n) is 2.89. The maximum absolute atomic E-state index is 5.06. The minimum atomic E-state index is 0.779. The lowest BCUT2D eigenvalue weighted by Gasteiger charge is -2.29. The van der Waals surface area contributed by atoms with E-state index in [0.717, 1.165) is 32.0 Å². The molecule has 1 heterocycles. The summed E-state index contributed by atoms with van der Waals surface area (Å²) in [5.74, 6) is 0.837. The molecule has 0 aliphatic carbocycles. The fraction of sp³-hybridized carbons (Fsp3) is 0.833. The zero-order valence-corrected chi connectivity index (χ0v) is 9.87. The van der Waals surface area contributed by atoms with E-state index >= 15 is 0 Å². The van der Waals surface area contributed by atoms with Crippen molar-refractivity contribution in [2.24, 2.45) is 5.92 Å². The van der Waals surface area contributed by atoms with Crippen LogP contribution in [0.25, 0.3) is 0 Å². The molecular formula is C12H24N2O. The van der Waals surface area contributed by atoms with Crippen molar-refractivity contribution in [1.29, 1.82) is 0 Å². The van der Waals surface area contributed by atoms with Gasteiger partial charge in [0.25, 0.3) is 0 Å². The second kappa shape index (κ2) is 7.71. The Balaban J connectivity index is 1.92. The molecule has 15 heavy (non-hydrogen) atoms. The van der Waals surface area contributed by atoms with Crippen LogP contribution in [-0.2, 0) is 4.74 Å². The Morgan fingerprint density at radius 2 is 2.47 bits per heavy atom. The average Bonchev–Trinajstić information content (AvgIpc) is 2.23. The van der Waals surface area contributed by atoms with Crippen molar-refractivity contribution in [3.8, 4) is 0 Å². The molecule has 1 aliphatic rings. The summed E-state index contributed by atoms with van der Waals surface area (Å²) in [7, 11) is 2.21. The molecule has 1 saturated heterocycles. The van der Waals surface area contributed by atoms with E-state index in [0.29, 0.717) is 0 Å². The van der Waals surface area contributed by atoms with E-state index in [9.17, 15) is 0 Å². The van der Waals surface area contributed by atoms with Crippen LogP contribution in [0.2, 0.25) is 0 Å². The van der Waals surface area contributed by atoms with Crippen molar-refractivity contribution in [2.75, 3.05) is 39.8 Å². The molecule has 1 fully saturated rings. The van der Waals surface area contributed by atoms with Crippen LogP contribution in [0, 0.1) is 5.92 Å². The lowest BCUT2D eigenvalue weighted by molar-refractivity contribution is 0.203. The molecule has 1 atom stereocenters. The predicted molar refractivity (Wildman–Crippen MR) is 63.9 cm³/mol. The van der Waals surface area contributed by atoms with Gasteiger partial charge >= 0.3 is 0 Å². The molecule has 1 N–H and O–H groups in total. The number of nitrogens with one attached hydrogen (secondary N) is 1. The highest BCUT2D eigenvalue weighted by molar-refractivity contribution is 4.72. The van der Waals surface area contributed by atoms with Crippen molar-refractivity contribution >= 4 is 0 Å². The van der Waals surface area contributed by atoms with E-state index in [2.05, 4.69) is 23.8 Å². The van der Waals surface area contributed by atoms with Gasteiger partial charge in [-0.1, -0.05) is 6.58 Å². The van der Waals surface area contributed by atoms with Gasteiger partial charge in [-0.25, -0.2) is 0 Å². The number of nitrogens with zero attached hydrogens (tertiary/aromatic N) is 1. The van der Waals surface area contributed by atoms with Crippen LogP contribution >= 0.6 is 0 Å². The standard InChI is InChI=1S/C12H24N2O/c1-3-15-9-5-7-13-10-12-6-4-8-14(2)11-12/h3,12-13H,1,4-11H2,2H3. The van der Waals surface area contributed by atoms with Crippen LogP contribution in [0.5, 0.6) is 0 Å². The van der Waals surface area contributed by atoms with E-state index < -0.39 is 0 Å². The molecule has 0 aromatic heterocycles. The normalized spacial score (nSPS) is 22.6. The predicted octanol–water partition coefficient (Wildman–Crippen LogP) is 1.47. The fourth-order valence-corrected chi connectivity index (χ4v) is 2.11. The largest absolute Gasteiger partial charge is 0.502 e. The van der Waals surface area contributed by atoms with E-state index in [1.54, 1.807) is 0 Å². The minimum Gasteiger partial charge on any atom is -0.502 e. The SMILES string of the molecule is C=COCCCNCC1CCCN(C)C1. The topological polar surface area (TPSA) is 24.5 Å². The van der Waals surface area contributed by atoms with Crippen LogP contribution in [0.3, 0.4) is 0 Å². The molecule has 1 aliphatic heterocycles. The molecule has 0 saturated carbocycles. The zero-order valence-electron chi connectivity index (χ0n) is 9.87. The molecule has 0 bridgehead atoms. The molecule has 0 amide bonds. The van der Waals surface area contributed by atoms with Crippen LogP contribution in [0.4, 0.5) is 0 Å². The summed E-state index contributed by atoms with van der Waals surface area (Å²) in [5, 5.41) is 3.49. The second-order valence-electron chi connectivity index (χ2n) is 4.37. The summed E-state index contributed by atoms with van der Waals surface area (Å²) in [6, 6.07) is 0. The van der Waals surface area contributed by atoms with Gasteiger partial charge in [0.1, 0.15) is 0 Å². The molecule has 1 unspecified atom stereocenters. The number of hydrogen-bond donors (Lipinski definition) is 1. The minimum absolute atomic E-state index is 0.779. The van der Waals surface area contributed by atoms with Gasteiger partial charge in [0.05, 0.1) is 12.9 Å². The first-order valence-electron chi connectivity index (χ1n) is 5.94. The van der Waals surface area contributed by atoms with Crippen molar-refractivity contribution in [2.45, 2.75) is 19.3 Å². The first-order valence-corrected chi connectivity index (χ1v) is 5.94. The summed E-state index contributed by atoms with van der Waals surface area (Å²) in [6.45, 7) is 9.01. The average molecular weight is 212 g/mol. The maximum atomic E-state index is 5.06. The van der Waals surface area contributed by atoms with Crippen LogP contribution in [-0.4, -0.2) is 44.7 Å². The van der Waals surface area contributed by atoms with Gasteiger partial charge in [0.15, 0.2) is 0 Å². The number of hydrogen-bond acceptors (Lipinski definition) is 3. The first-order chi connectivity index (χ1) is 7.33. The maximum Gasteiger partial charge on any atom is 0.0885 e. The van der Waals surface area contributed by atoms with Gasteiger partial charge < -0.3 is 15.0 Å². The Morgan fingerprint density at radius 1 is 1.60 bits per heavy atom. The lowest BCUT2D eigenvalue weighted by Crippen LogP contribution is -2.37. The Labute approximate surface area is 93.5 Å². The van der Waals surface area contributed by atoms with Gasteiger partial charge in [-0.15, -0.1) is 0 Å². The molecule has 0 aromatic carbocycles. The highest BCUT2D eigenvalue weighted by Crippen LogP contribution is 2.13. The van der Waals surface area contributed by atoms with Crippen molar-refractivity contribution in [3.05, 3.63) is 12.8 Å². The Morgan fingerprint density at radius 3 is 3.20 bits per heavy atom. The van der Waals surface area contributed by atoms with Crippen molar-refractivity contribution < 1.29 is 4.74 Å². The third-order valence-corrected chi connectivity index (χ3v) is 2.89. The van der Waals surface area contributed by atoms with Crippen LogP contribution in [0.15, 0.2) is 12.8 Å². The molecule has 0 radical (unpaired) electrons. The summed E-state index contributed by atoms with van der Waals surface area (Å²) in [5.41, 5.74) is 0. The number of ether oxygens (including phenoxy) is 1. The molecule has 3 heteroatoms. The van der Waals surface area contributed by atoms with Crippen LogP contribution < -0.4 is 5.32 Å². The summed E-state index contributed by atoms with van der Waals surface area (Å²) in [6.07, 6.45) is 5.30. The Bertz CT molecular complexity index is 173. The summed E-state index contributed by atoms with van der Waals surface area (Å²) < 4.78 is 5.06. The van der Waals surface area contributed by atoms with Crippen molar-refractivity contribution in [1.82, 2.24) is 10.2 Å². The first kappa shape index (κ1) is 12.5. The molecule has 3 nitrogen and oxygen atoms in total. The third kappa shape index (κ3) is 5.80. The van der Waals surface area contributed by atoms with Gasteiger partial charge in [-0.05, 0) is 51.9 Å². The second-order valence-corrected chi connectivity index (χ2v) is 4.37. The molecule has 0 spiro atoms. The summed E-state index contributed by atoms with van der Waals surface area (Å²) in [4.78, 5) is 2.43. The quantitative estimate of drug-likeness (QED) is 0.511. The van der Waals surface area contributed by atoms with Gasteiger partial charge in [0, 0.05) is 6.54 Å². The van der Waals surface area contributed by atoms with Gasteiger partial charge in [0.2, 0.25) is 0 Å². The smallest absolute Gasteiger partial charge is 0.0885 e. The number of likely N-dealkylation sites (tertiary alicyclic amines) is 1. The van der Waals surface area contributed by atoms with Gasteiger partial charge in [-0.2, -0.15) is 0 Å². The molecular weight excluding hydrogens is 188 g/mol. The van der Waals surface area contributed by atoms with Gasteiger partial charge in [-0.3, -0.25) is 0 Å². The highest BCUT2D eigenvalue weighted by Gasteiger charge is 2.15. The van der Waals surface area contributed by atoms with E-state index in [1.807, 2.05) is 0 Å². The van der Waals surface area contributed by atoms with Crippen LogP contribution in [0.1, 0.15) is 19.3 Å². The summed E-state index contributed by atoms with van der Waals surface area (Å²) >= 11 is 0. The van der Waals surface area contributed by atoms with Crippen molar-refractivity contribution in [3.63, 3.8) is 0 Å². The fourth-order valence-electron chi connectivity index (χ4n) is 2.11. The van der Waals surface area contributed by atoms with E-state index in [4.69, 9.17) is 4.74 Å². The highest BCUT2D eigenvalue weighted by atomic mass is 16.5. The molecule has 1 rings (SSSR count). The van der Waals surface area contributed by atoms with E-state index in [1.165, 1.54) is 32.2 Å². The monoisotopic (exact) mass is 212 g/mol. The Hall–Kier alpha value is -0.540. The molecule has 0 aromatic rings. The zero-order chi connectivity index (χ0) is 10.9.